The minimum atomic E-state index is -4.25. The molecule has 0 radical (unpaired) electrons. The maximum absolute atomic E-state index is 10.8. The van der Waals surface area contributed by atoms with E-state index < -0.39 is 15.4 Å². The average molecular weight is 222 g/mol. The molecule has 0 amide bonds. The van der Waals surface area contributed by atoms with Gasteiger partial charge in [-0.3, -0.25) is 0 Å². The monoisotopic (exact) mass is 222 g/mol. The van der Waals surface area contributed by atoms with E-state index >= 15 is 0 Å². The Morgan fingerprint density at radius 3 is 2.64 bits per heavy atom. The maximum atomic E-state index is 10.8. The van der Waals surface area contributed by atoms with Crippen molar-refractivity contribution in [2.75, 3.05) is 0 Å². The van der Waals surface area contributed by atoms with Gasteiger partial charge in [-0.15, -0.1) is 0 Å². The zero-order chi connectivity index (χ0) is 9.90. The molecule has 0 aromatic carbocycles. The molecule has 1 aliphatic carbocycles. The third kappa shape index (κ3) is 3.71. The van der Waals surface area contributed by atoms with Gasteiger partial charge in [0.1, 0.15) is 10.1 Å². The van der Waals surface area contributed by atoms with Gasteiger partial charge in [-0.1, -0.05) is 37.3 Å². The fraction of sp³-hybridized carbons (Fsp3) is 0.333. The van der Waals surface area contributed by atoms with Crippen LogP contribution >= 0.6 is 0 Å². The molecule has 0 fully saturated rings. The Balaban J connectivity index is 0.00000169. The fourth-order valence-corrected chi connectivity index (χ4v) is 2.01. The van der Waals surface area contributed by atoms with Crippen molar-refractivity contribution in [1.82, 2.24) is 0 Å². The Morgan fingerprint density at radius 1 is 1.50 bits per heavy atom. The molecule has 0 spiro atoms. The van der Waals surface area contributed by atoms with Gasteiger partial charge in [-0.25, -0.2) is 8.42 Å². The SMILES string of the molecule is CCC=C1C=CC=CC1S(=O)(=O)[O-].[Na+]. The van der Waals surface area contributed by atoms with Crippen LogP contribution in [0.25, 0.3) is 0 Å². The van der Waals surface area contributed by atoms with E-state index in [-0.39, 0.29) is 29.6 Å². The van der Waals surface area contributed by atoms with Gasteiger partial charge >= 0.3 is 29.6 Å². The Kier molecular flexibility index (Phi) is 5.93. The number of allylic oxidation sites excluding steroid dienone is 4. The van der Waals surface area contributed by atoms with Crippen molar-refractivity contribution in [2.24, 2.45) is 0 Å². The number of hydrogen-bond donors (Lipinski definition) is 0. The van der Waals surface area contributed by atoms with E-state index in [1.165, 1.54) is 6.08 Å². The molecule has 0 heterocycles. The minimum absolute atomic E-state index is 0. The molecule has 3 nitrogen and oxygen atoms in total. The standard InChI is InChI=1S/C9H12O3S.Na/c1-2-5-8-6-3-4-7-9(8)13(10,11)12;/h3-7,9H,2H2,1H3,(H,10,11,12);/q;+1/p-1. The van der Waals surface area contributed by atoms with E-state index in [1.807, 2.05) is 6.92 Å². The van der Waals surface area contributed by atoms with Crippen molar-refractivity contribution in [2.45, 2.75) is 18.6 Å². The average Bonchev–Trinajstić information content (AvgIpc) is 2.04. The summed E-state index contributed by atoms with van der Waals surface area (Å²) >= 11 is 0. The van der Waals surface area contributed by atoms with Crippen LogP contribution in [0.5, 0.6) is 0 Å². The van der Waals surface area contributed by atoms with E-state index in [2.05, 4.69) is 0 Å². The number of rotatable bonds is 2. The molecule has 1 rings (SSSR count). The summed E-state index contributed by atoms with van der Waals surface area (Å²) in [7, 11) is -4.25. The largest absolute Gasteiger partial charge is 1.00 e. The minimum Gasteiger partial charge on any atom is -0.747 e. The van der Waals surface area contributed by atoms with Gasteiger partial charge < -0.3 is 4.55 Å². The van der Waals surface area contributed by atoms with E-state index in [0.29, 0.717) is 5.57 Å². The first kappa shape index (κ1) is 14.1. The molecule has 0 saturated carbocycles. The Hall–Kier alpha value is 0.130. The van der Waals surface area contributed by atoms with E-state index in [9.17, 15) is 13.0 Å². The molecule has 0 bridgehead atoms. The first-order chi connectivity index (χ1) is 6.05. The Labute approximate surface area is 107 Å². The quantitative estimate of drug-likeness (QED) is 0.416. The molecular weight excluding hydrogens is 211 g/mol. The van der Waals surface area contributed by atoms with E-state index in [4.69, 9.17) is 0 Å². The van der Waals surface area contributed by atoms with Gasteiger partial charge in [0.05, 0.1) is 5.25 Å². The smallest absolute Gasteiger partial charge is 0.747 e. The topological polar surface area (TPSA) is 57.2 Å². The van der Waals surface area contributed by atoms with Gasteiger partial charge in [0.15, 0.2) is 0 Å². The Bertz CT molecular complexity index is 366. The molecule has 72 valence electrons. The van der Waals surface area contributed by atoms with Crippen LogP contribution in [0.2, 0.25) is 0 Å². The summed E-state index contributed by atoms with van der Waals surface area (Å²) in [5.74, 6) is 0. The molecule has 0 aromatic rings. The Morgan fingerprint density at radius 2 is 2.14 bits per heavy atom. The molecule has 1 atom stereocenters. The van der Waals surface area contributed by atoms with Crippen LogP contribution in [0, 0.1) is 0 Å². The molecule has 0 N–H and O–H groups in total. The van der Waals surface area contributed by atoms with Crippen molar-refractivity contribution in [1.29, 1.82) is 0 Å². The first-order valence-corrected chi connectivity index (χ1v) is 5.52. The van der Waals surface area contributed by atoms with Gasteiger partial charge in [0.2, 0.25) is 0 Å². The summed E-state index contributed by atoms with van der Waals surface area (Å²) in [5, 5.41) is -1.00. The maximum Gasteiger partial charge on any atom is 1.00 e. The number of hydrogen-bond acceptors (Lipinski definition) is 3. The van der Waals surface area contributed by atoms with Crippen LogP contribution in [-0.4, -0.2) is 18.2 Å². The summed E-state index contributed by atoms with van der Waals surface area (Å²) in [6.07, 6.45) is 8.84. The second-order valence-electron chi connectivity index (χ2n) is 2.77. The van der Waals surface area contributed by atoms with Crippen LogP contribution in [0.4, 0.5) is 0 Å². The van der Waals surface area contributed by atoms with Crippen molar-refractivity contribution < 1.29 is 42.5 Å². The summed E-state index contributed by atoms with van der Waals surface area (Å²) < 4.78 is 32.4. The third-order valence-corrected chi connectivity index (χ3v) is 2.82. The van der Waals surface area contributed by atoms with Crippen molar-refractivity contribution in [3.8, 4) is 0 Å². The predicted octanol–water partition coefficient (Wildman–Crippen LogP) is -1.63. The molecule has 14 heavy (non-hydrogen) atoms. The van der Waals surface area contributed by atoms with Crippen LogP contribution in [0.1, 0.15) is 13.3 Å². The van der Waals surface area contributed by atoms with Gasteiger partial charge in [-0.2, -0.15) is 0 Å². The van der Waals surface area contributed by atoms with Crippen molar-refractivity contribution >= 4 is 10.1 Å². The van der Waals surface area contributed by atoms with Crippen LogP contribution in [0.3, 0.4) is 0 Å². The zero-order valence-corrected chi connectivity index (χ0v) is 11.1. The summed E-state index contributed by atoms with van der Waals surface area (Å²) in [5.41, 5.74) is 0.569. The van der Waals surface area contributed by atoms with Crippen LogP contribution in [0.15, 0.2) is 36.0 Å². The first-order valence-electron chi connectivity index (χ1n) is 4.05. The summed E-state index contributed by atoms with van der Waals surface area (Å²) in [6, 6.07) is 0. The van der Waals surface area contributed by atoms with Crippen molar-refractivity contribution in [3.05, 3.63) is 36.0 Å². The molecule has 0 aromatic heterocycles. The zero-order valence-electron chi connectivity index (χ0n) is 8.30. The predicted molar refractivity (Wildman–Crippen MR) is 50.1 cm³/mol. The van der Waals surface area contributed by atoms with Gasteiger partial charge in [-0.05, 0) is 12.0 Å². The summed E-state index contributed by atoms with van der Waals surface area (Å²) in [6.45, 7) is 1.90. The second kappa shape index (κ2) is 5.88. The van der Waals surface area contributed by atoms with Crippen LogP contribution < -0.4 is 29.6 Å². The fourth-order valence-electron chi connectivity index (χ4n) is 1.22. The molecule has 1 aliphatic rings. The van der Waals surface area contributed by atoms with E-state index in [1.54, 1.807) is 24.3 Å². The molecule has 5 heteroatoms. The van der Waals surface area contributed by atoms with Gasteiger partial charge in [0, 0.05) is 0 Å². The summed E-state index contributed by atoms with van der Waals surface area (Å²) in [4.78, 5) is 0. The molecule has 0 aliphatic heterocycles. The van der Waals surface area contributed by atoms with Crippen LogP contribution in [-0.2, 0) is 10.1 Å². The van der Waals surface area contributed by atoms with E-state index in [0.717, 1.165) is 6.42 Å². The second-order valence-corrected chi connectivity index (χ2v) is 4.26. The van der Waals surface area contributed by atoms with Gasteiger partial charge in [0.25, 0.3) is 0 Å². The molecule has 0 saturated heterocycles. The normalized spacial score (nSPS) is 23.6. The molecular formula is C9H11NaO3S. The third-order valence-electron chi connectivity index (χ3n) is 1.77. The van der Waals surface area contributed by atoms with Crippen molar-refractivity contribution in [3.63, 3.8) is 0 Å². The molecule has 1 unspecified atom stereocenters.